The zero-order valence-electron chi connectivity index (χ0n) is 24.7. The molecule has 0 unspecified atom stereocenters. The third-order valence-electron chi connectivity index (χ3n) is 7.14. The van der Waals surface area contributed by atoms with Gasteiger partial charge in [0.1, 0.15) is 5.75 Å². The second-order valence-electron chi connectivity index (χ2n) is 10.2. The Kier molecular flexibility index (Phi) is 13.7. The normalized spacial score (nSPS) is 11.1. The number of methoxy groups -OCH3 is 2. The zero-order valence-corrected chi connectivity index (χ0v) is 24.7. The van der Waals surface area contributed by atoms with Gasteiger partial charge in [-0.25, -0.2) is 10.2 Å². The number of ether oxygens (including phenoxy) is 3. The van der Waals surface area contributed by atoms with Crippen LogP contribution in [-0.4, -0.2) is 32.3 Å². The first-order valence-electron chi connectivity index (χ1n) is 14.8. The maximum absolute atomic E-state index is 13.0. The van der Waals surface area contributed by atoms with Crippen molar-refractivity contribution in [1.29, 1.82) is 0 Å². The number of hydrazone groups is 1. The third kappa shape index (κ3) is 10.2. The van der Waals surface area contributed by atoms with E-state index >= 15 is 0 Å². The number of nitrogens with zero attached hydrogens (tertiary/aromatic N) is 1. The maximum atomic E-state index is 13.0. The van der Waals surface area contributed by atoms with Crippen LogP contribution in [0.25, 0.3) is 10.8 Å². The van der Waals surface area contributed by atoms with Crippen molar-refractivity contribution < 1.29 is 23.8 Å². The molecule has 0 aliphatic carbocycles. The standard InChI is InChI=1S/C34H44N2O5/c1-4-5-6-7-8-9-10-11-12-13-14-19-33(37)36-35-25-29-28-18-16-15-17-26(28)20-22-30(29)41-34(38)27-21-23-31(39-2)32(24-27)40-3/h15-18,20-25H,4-14,19H2,1-3H3,(H,36,37)/b35-25-. The molecule has 7 heteroatoms. The highest BCUT2D eigenvalue weighted by Gasteiger charge is 2.16. The topological polar surface area (TPSA) is 86.2 Å². The van der Waals surface area contributed by atoms with Crippen LogP contribution in [0.1, 0.15) is 99.9 Å². The molecule has 3 rings (SSSR count). The number of hydrogen-bond donors (Lipinski definition) is 1. The molecule has 220 valence electrons. The molecule has 1 N–H and O–H groups in total. The van der Waals surface area contributed by atoms with Gasteiger partial charge in [0.05, 0.1) is 26.0 Å². The molecule has 3 aromatic carbocycles. The van der Waals surface area contributed by atoms with E-state index in [0.29, 0.717) is 34.8 Å². The first kappa shape index (κ1) is 31.7. The molecule has 0 bridgehead atoms. The molecule has 0 radical (unpaired) electrons. The quantitative estimate of drug-likeness (QED) is 0.0557. The Labute approximate surface area is 244 Å². The Balaban J connectivity index is 1.53. The van der Waals surface area contributed by atoms with E-state index in [1.165, 1.54) is 71.8 Å². The minimum absolute atomic E-state index is 0.124. The summed E-state index contributed by atoms with van der Waals surface area (Å²) >= 11 is 0. The number of nitrogens with one attached hydrogen (secondary N) is 1. The third-order valence-corrected chi connectivity index (χ3v) is 7.14. The average Bonchev–Trinajstić information content (AvgIpc) is 3.00. The number of hydrogen-bond acceptors (Lipinski definition) is 6. The SMILES string of the molecule is CCCCCCCCCCCCCC(=O)N/N=C\c1c(OC(=O)c2ccc(OC)c(OC)c2)ccc2ccccc12. The van der Waals surface area contributed by atoms with Gasteiger partial charge in [-0.05, 0) is 41.5 Å². The van der Waals surface area contributed by atoms with Crippen LogP contribution in [0.5, 0.6) is 17.2 Å². The van der Waals surface area contributed by atoms with Crippen molar-refractivity contribution in [2.75, 3.05) is 14.2 Å². The summed E-state index contributed by atoms with van der Waals surface area (Å²) in [4.78, 5) is 25.4. The van der Waals surface area contributed by atoms with Crippen LogP contribution in [0.3, 0.4) is 0 Å². The van der Waals surface area contributed by atoms with E-state index in [1.54, 1.807) is 24.3 Å². The van der Waals surface area contributed by atoms with Crippen LogP contribution in [0.4, 0.5) is 0 Å². The Morgan fingerprint density at radius 1 is 0.756 bits per heavy atom. The summed E-state index contributed by atoms with van der Waals surface area (Å²) in [5.74, 6) is 0.624. The summed E-state index contributed by atoms with van der Waals surface area (Å²) in [6.07, 6.45) is 15.6. The molecule has 41 heavy (non-hydrogen) atoms. The van der Waals surface area contributed by atoms with Gasteiger partial charge >= 0.3 is 5.97 Å². The molecule has 0 aliphatic rings. The van der Waals surface area contributed by atoms with E-state index in [4.69, 9.17) is 14.2 Å². The Bertz CT molecular complexity index is 1290. The van der Waals surface area contributed by atoms with Crippen molar-refractivity contribution in [2.24, 2.45) is 5.10 Å². The smallest absolute Gasteiger partial charge is 0.343 e. The number of unbranched alkanes of at least 4 members (excludes halogenated alkanes) is 10. The molecule has 0 aromatic heterocycles. The van der Waals surface area contributed by atoms with Gasteiger partial charge in [-0.2, -0.15) is 5.10 Å². The van der Waals surface area contributed by atoms with Crippen molar-refractivity contribution >= 4 is 28.9 Å². The van der Waals surface area contributed by atoms with Crippen molar-refractivity contribution in [3.63, 3.8) is 0 Å². The molecular weight excluding hydrogens is 516 g/mol. The largest absolute Gasteiger partial charge is 0.493 e. The summed E-state index contributed by atoms with van der Waals surface area (Å²) in [5, 5.41) is 6.02. The van der Waals surface area contributed by atoms with Gasteiger partial charge in [-0.1, -0.05) is 101 Å². The van der Waals surface area contributed by atoms with Gasteiger partial charge < -0.3 is 14.2 Å². The number of benzene rings is 3. The van der Waals surface area contributed by atoms with Crippen LogP contribution in [0.2, 0.25) is 0 Å². The second kappa shape index (κ2) is 17.7. The van der Waals surface area contributed by atoms with Crippen LogP contribution < -0.4 is 19.6 Å². The van der Waals surface area contributed by atoms with E-state index in [2.05, 4.69) is 17.5 Å². The van der Waals surface area contributed by atoms with Crippen LogP contribution in [0.15, 0.2) is 59.7 Å². The highest BCUT2D eigenvalue weighted by atomic mass is 16.5. The van der Waals surface area contributed by atoms with Crippen LogP contribution in [-0.2, 0) is 4.79 Å². The zero-order chi connectivity index (χ0) is 29.3. The fraction of sp³-hybridized carbons (Fsp3) is 0.441. The van der Waals surface area contributed by atoms with Gasteiger partial charge in [0.2, 0.25) is 5.91 Å². The molecule has 0 aliphatic heterocycles. The van der Waals surface area contributed by atoms with Crippen molar-refractivity contribution in [1.82, 2.24) is 5.43 Å². The predicted octanol–water partition coefficient (Wildman–Crippen LogP) is 8.23. The maximum Gasteiger partial charge on any atom is 0.343 e. The highest BCUT2D eigenvalue weighted by molar-refractivity contribution is 6.04. The lowest BCUT2D eigenvalue weighted by Crippen LogP contribution is -2.17. The number of fused-ring (bicyclic) bond motifs is 1. The summed E-state index contributed by atoms with van der Waals surface area (Å²) in [6, 6.07) is 16.2. The van der Waals surface area contributed by atoms with Crippen LogP contribution in [0, 0.1) is 0 Å². The second-order valence-corrected chi connectivity index (χ2v) is 10.2. The molecule has 0 saturated carbocycles. The predicted molar refractivity (Wildman–Crippen MR) is 165 cm³/mol. The van der Waals surface area contributed by atoms with Gasteiger partial charge in [-0.15, -0.1) is 0 Å². The fourth-order valence-electron chi connectivity index (χ4n) is 4.79. The van der Waals surface area contributed by atoms with Gasteiger partial charge in [0.25, 0.3) is 0 Å². The van der Waals surface area contributed by atoms with E-state index in [1.807, 2.05) is 30.3 Å². The van der Waals surface area contributed by atoms with E-state index in [0.717, 1.165) is 30.0 Å². The highest BCUT2D eigenvalue weighted by Crippen LogP contribution is 2.30. The van der Waals surface area contributed by atoms with Crippen LogP contribution >= 0.6 is 0 Å². The summed E-state index contributed by atoms with van der Waals surface area (Å²) in [7, 11) is 3.05. The lowest BCUT2D eigenvalue weighted by molar-refractivity contribution is -0.121. The van der Waals surface area contributed by atoms with E-state index < -0.39 is 5.97 Å². The Morgan fingerprint density at radius 3 is 2.07 bits per heavy atom. The number of esters is 1. The summed E-state index contributed by atoms with van der Waals surface area (Å²) in [6.45, 7) is 2.25. The van der Waals surface area contributed by atoms with Gasteiger partial charge in [0.15, 0.2) is 11.5 Å². The number of amides is 1. The summed E-state index contributed by atoms with van der Waals surface area (Å²) in [5.41, 5.74) is 3.55. The molecule has 7 nitrogen and oxygen atoms in total. The Morgan fingerprint density at radius 2 is 1.39 bits per heavy atom. The van der Waals surface area contributed by atoms with Gasteiger partial charge in [0, 0.05) is 12.0 Å². The number of carbonyl (C=O) groups is 2. The van der Waals surface area contributed by atoms with E-state index in [-0.39, 0.29) is 5.91 Å². The first-order chi connectivity index (χ1) is 20.1. The minimum Gasteiger partial charge on any atom is -0.493 e. The minimum atomic E-state index is -0.545. The molecule has 1 amide bonds. The number of carbonyl (C=O) groups excluding carboxylic acids is 2. The monoisotopic (exact) mass is 560 g/mol. The molecular formula is C34H44N2O5. The molecule has 3 aromatic rings. The van der Waals surface area contributed by atoms with Gasteiger partial charge in [-0.3, -0.25) is 4.79 Å². The molecule has 0 spiro atoms. The molecule has 0 saturated heterocycles. The molecule has 0 fully saturated rings. The van der Waals surface area contributed by atoms with Crippen molar-refractivity contribution in [3.05, 3.63) is 65.7 Å². The molecule has 0 atom stereocenters. The van der Waals surface area contributed by atoms with E-state index in [9.17, 15) is 9.59 Å². The lowest BCUT2D eigenvalue weighted by Gasteiger charge is -2.12. The molecule has 0 heterocycles. The average molecular weight is 561 g/mol. The van der Waals surface area contributed by atoms with Crippen molar-refractivity contribution in [2.45, 2.75) is 84.0 Å². The van der Waals surface area contributed by atoms with Crippen molar-refractivity contribution in [3.8, 4) is 17.2 Å². The lowest BCUT2D eigenvalue weighted by atomic mass is 10.0. The first-order valence-corrected chi connectivity index (χ1v) is 14.8. The number of rotatable bonds is 18. The fourth-order valence-corrected chi connectivity index (χ4v) is 4.79. The summed E-state index contributed by atoms with van der Waals surface area (Å²) < 4.78 is 16.3. The Hall–Kier alpha value is -3.87.